The minimum Gasteiger partial charge on any atom is -0.427 e. The maximum absolute atomic E-state index is 12.9. The van der Waals surface area contributed by atoms with Gasteiger partial charge in [-0.05, 0) is 42.4 Å². The van der Waals surface area contributed by atoms with Gasteiger partial charge in [0, 0.05) is 9.35 Å². The fourth-order valence-corrected chi connectivity index (χ4v) is 3.65. The standard InChI is InChI=1S/C14H19BF6O2/c1-7-8(2)11-4-9(7)3-10(11)5-22-6-12(23-15,13(16,17)18)14(19,20)21/h7-11H,3-6H2,1-2H3/i7D,8D. The van der Waals surface area contributed by atoms with Gasteiger partial charge in [-0.1, -0.05) is 13.8 Å². The predicted molar refractivity (Wildman–Crippen MR) is 70.5 cm³/mol. The summed E-state index contributed by atoms with van der Waals surface area (Å²) in [7, 11) is 4.34. The predicted octanol–water partition coefficient (Wildman–Crippen LogP) is 3.89. The zero-order valence-electron chi connectivity index (χ0n) is 14.7. The van der Waals surface area contributed by atoms with Gasteiger partial charge < -0.3 is 9.39 Å². The van der Waals surface area contributed by atoms with Gasteiger partial charge in [-0.15, -0.1) is 0 Å². The molecule has 0 saturated heterocycles. The average molecular weight is 346 g/mol. The van der Waals surface area contributed by atoms with E-state index in [-0.39, 0.29) is 24.4 Å². The third-order valence-electron chi connectivity index (χ3n) is 5.24. The zero-order chi connectivity index (χ0) is 19.5. The molecule has 2 nitrogen and oxygen atoms in total. The van der Waals surface area contributed by atoms with Gasteiger partial charge in [-0.2, -0.15) is 26.3 Å². The Labute approximate surface area is 135 Å². The summed E-state index contributed by atoms with van der Waals surface area (Å²) in [4.78, 5) is 0. The maximum atomic E-state index is 12.9. The van der Waals surface area contributed by atoms with Crippen LogP contribution in [0.5, 0.6) is 0 Å². The molecule has 9 heteroatoms. The van der Waals surface area contributed by atoms with E-state index in [1.54, 1.807) is 13.8 Å². The fourth-order valence-electron chi connectivity index (χ4n) is 3.65. The highest BCUT2D eigenvalue weighted by atomic mass is 19.4. The first-order chi connectivity index (χ1) is 11.1. The lowest BCUT2D eigenvalue weighted by Gasteiger charge is -2.37. The van der Waals surface area contributed by atoms with E-state index in [2.05, 4.69) is 12.7 Å². The number of hydrogen-bond acceptors (Lipinski definition) is 2. The Kier molecular flexibility index (Phi) is 4.28. The lowest BCUT2D eigenvalue weighted by atomic mass is 9.76. The smallest absolute Gasteiger partial charge is 0.427 e. The Hall–Kier alpha value is -0.435. The van der Waals surface area contributed by atoms with Crippen molar-refractivity contribution in [2.24, 2.45) is 29.5 Å². The van der Waals surface area contributed by atoms with Gasteiger partial charge in [0.15, 0.2) is 0 Å². The topological polar surface area (TPSA) is 18.5 Å². The summed E-state index contributed by atoms with van der Waals surface area (Å²) in [6.07, 6.45) is -10.6. The normalized spacial score (nSPS) is 42.7. The molecule has 0 aromatic heterocycles. The maximum Gasteiger partial charge on any atom is 0.427 e. The van der Waals surface area contributed by atoms with E-state index < -0.39 is 36.3 Å². The van der Waals surface area contributed by atoms with Gasteiger partial charge in [0.25, 0.3) is 13.7 Å². The van der Waals surface area contributed by atoms with Crippen molar-refractivity contribution in [3.63, 3.8) is 0 Å². The van der Waals surface area contributed by atoms with Crippen LogP contribution in [0.3, 0.4) is 0 Å². The van der Waals surface area contributed by atoms with Gasteiger partial charge in [0.05, 0.1) is 6.61 Å². The van der Waals surface area contributed by atoms with Crippen molar-refractivity contribution in [1.82, 2.24) is 0 Å². The molecule has 2 radical (unpaired) electrons. The number of hydrogen-bond donors (Lipinski definition) is 0. The van der Waals surface area contributed by atoms with E-state index in [0.717, 1.165) is 0 Å². The van der Waals surface area contributed by atoms with Crippen LogP contribution >= 0.6 is 0 Å². The first-order valence-electron chi connectivity index (χ1n) is 8.21. The van der Waals surface area contributed by atoms with E-state index in [9.17, 15) is 26.3 Å². The number of halogens is 6. The van der Waals surface area contributed by atoms with Crippen molar-refractivity contribution in [1.29, 1.82) is 0 Å². The monoisotopic (exact) mass is 346 g/mol. The molecule has 2 saturated carbocycles. The first kappa shape index (κ1) is 16.1. The Morgan fingerprint density at radius 1 is 1.04 bits per heavy atom. The molecule has 5 atom stereocenters. The summed E-state index contributed by atoms with van der Waals surface area (Å²) in [6.45, 7) is 1.04. The van der Waals surface area contributed by atoms with Crippen molar-refractivity contribution in [2.45, 2.75) is 44.6 Å². The number of alkyl halides is 6. The molecule has 0 aliphatic heterocycles. The van der Waals surface area contributed by atoms with Crippen molar-refractivity contribution >= 4 is 8.05 Å². The van der Waals surface area contributed by atoms with Gasteiger partial charge in [0.1, 0.15) is 0 Å². The molecule has 0 heterocycles. The van der Waals surface area contributed by atoms with Crippen LogP contribution in [0.4, 0.5) is 26.3 Å². The zero-order valence-corrected chi connectivity index (χ0v) is 12.7. The van der Waals surface area contributed by atoms with E-state index in [1.807, 2.05) is 0 Å². The van der Waals surface area contributed by atoms with Crippen LogP contribution in [0.2, 0.25) is 0 Å². The second-order valence-electron chi connectivity index (χ2n) is 6.36. The summed E-state index contributed by atoms with van der Waals surface area (Å²) < 4.78 is 102. The quantitative estimate of drug-likeness (QED) is 0.555. The Bertz CT molecular complexity index is 495. The van der Waals surface area contributed by atoms with E-state index in [4.69, 9.17) is 7.48 Å². The highest BCUT2D eigenvalue weighted by molar-refractivity contribution is 5.98. The molecule has 23 heavy (non-hydrogen) atoms. The second-order valence-corrected chi connectivity index (χ2v) is 6.36. The minimum absolute atomic E-state index is 0.130. The van der Waals surface area contributed by atoms with E-state index >= 15 is 0 Å². The molecule has 0 N–H and O–H groups in total. The van der Waals surface area contributed by atoms with Gasteiger partial charge in [-0.25, -0.2) is 0 Å². The average Bonchev–Trinajstić information content (AvgIpc) is 2.91. The highest BCUT2D eigenvalue weighted by Gasteiger charge is 2.71. The number of fused-ring (bicyclic) bond motifs is 2. The third kappa shape index (κ3) is 3.10. The van der Waals surface area contributed by atoms with Crippen LogP contribution in [0.15, 0.2) is 0 Å². The van der Waals surface area contributed by atoms with Crippen molar-refractivity contribution in [3.05, 3.63) is 0 Å². The molecule has 5 unspecified atom stereocenters. The Balaban J connectivity index is 2.06. The summed E-state index contributed by atoms with van der Waals surface area (Å²) in [6, 6.07) is 0. The number of rotatable bonds is 5. The van der Waals surface area contributed by atoms with Crippen LogP contribution in [-0.4, -0.2) is 39.2 Å². The molecule has 0 aromatic carbocycles. The molecular formula is C14H19BF6O2. The molecule has 2 aliphatic carbocycles. The van der Waals surface area contributed by atoms with E-state index in [0.29, 0.717) is 12.8 Å². The summed E-state index contributed by atoms with van der Waals surface area (Å²) in [5.74, 6) is -2.96. The Morgan fingerprint density at radius 2 is 1.61 bits per heavy atom. The van der Waals surface area contributed by atoms with Crippen molar-refractivity contribution < 1.29 is 38.5 Å². The Morgan fingerprint density at radius 3 is 2.00 bits per heavy atom. The van der Waals surface area contributed by atoms with Crippen LogP contribution in [0.25, 0.3) is 0 Å². The second kappa shape index (κ2) is 6.13. The molecule has 2 rings (SSSR count). The van der Waals surface area contributed by atoms with Crippen LogP contribution in [-0.2, 0) is 9.39 Å². The molecule has 132 valence electrons. The summed E-state index contributed by atoms with van der Waals surface area (Å²) in [5, 5.41) is 0. The summed E-state index contributed by atoms with van der Waals surface area (Å²) in [5.41, 5.74) is -4.59. The molecular weight excluding hydrogens is 325 g/mol. The SMILES string of the molecule is [2H]C1(C)C2CC(COCC(O[B])(C(F)(F)F)C(F)(F)F)C(C2)C1([2H])C. The minimum atomic E-state index is -5.79. The first-order valence-corrected chi connectivity index (χ1v) is 7.21. The highest BCUT2D eigenvalue weighted by Crippen LogP contribution is 2.55. The molecule has 0 spiro atoms. The largest absolute Gasteiger partial charge is 0.427 e. The van der Waals surface area contributed by atoms with Gasteiger partial charge in [0.2, 0.25) is 0 Å². The van der Waals surface area contributed by atoms with Gasteiger partial charge >= 0.3 is 12.4 Å². The van der Waals surface area contributed by atoms with Crippen LogP contribution in [0, 0.1) is 29.5 Å². The lowest BCUT2D eigenvalue weighted by Crippen LogP contribution is -2.61. The van der Waals surface area contributed by atoms with Gasteiger partial charge in [-0.3, -0.25) is 0 Å². The molecule has 0 amide bonds. The summed E-state index contributed by atoms with van der Waals surface area (Å²) >= 11 is 0. The molecule has 2 fully saturated rings. The number of ether oxygens (including phenoxy) is 1. The van der Waals surface area contributed by atoms with Crippen molar-refractivity contribution in [2.75, 3.05) is 13.2 Å². The third-order valence-corrected chi connectivity index (χ3v) is 5.24. The molecule has 0 aromatic rings. The van der Waals surface area contributed by atoms with Crippen molar-refractivity contribution in [3.8, 4) is 0 Å². The van der Waals surface area contributed by atoms with Crippen LogP contribution < -0.4 is 0 Å². The van der Waals surface area contributed by atoms with Crippen LogP contribution in [0.1, 0.15) is 29.4 Å². The molecule has 2 aliphatic rings. The fraction of sp³-hybridized carbons (Fsp3) is 1.00. The molecule has 2 bridgehead atoms. The lowest BCUT2D eigenvalue weighted by molar-refractivity contribution is -0.368. The van der Waals surface area contributed by atoms with E-state index in [1.165, 1.54) is 0 Å².